The Kier molecular flexibility index (Phi) is 6.03. The molecule has 192 valence electrons. The van der Waals surface area contributed by atoms with E-state index in [9.17, 15) is 18.3 Å². The lowest BCUT2D eigenvalue weighted by Gasteiger charge is -2.27. The van der Waals surface area contributed by atoms with Crippen LogP contribution < -0.4 is 5.32 Å². The lowest BCUT2D eigenvalue weighted by atomic mass is 9.93. The van der Waals surface area contributed by atoms with Gasteiger partial charge in [0.15, 0.2) is 10.8 Å². The van der Waals surface area contributed by atoms with E-state index in [0.29, 0.717) is 12.0 Å². The second kappa shape index (κ2) is 9.25. The number of nitrogens with one attached hydrogen (secondary N) is 1. The molecule has 3 unspecified atom stereocenters. The predicted molar refractivity (Wildman–Crippen MR) is 139 cm³/mol. The van der Waals surface area contributed by atoms with Gasteiger partial charge < -0.3 is 10.4 Å². The summed E-state index contributed by atoms with van der Waals surface area (Å²) in [5, 5.41) is 18.1. The first-order valence-corrected chi connectivity index (χ1v) is 13.2. The number of rotatable bonds is 5. The Hall–Kier alpha value is -3.24. The molecule has 2 N–H and O–H groups in total. The third-order valence-electron chi connectivity index (χ3n) is 7.17. The molecule has 2 aromatic carbocycles. The van der Waals surface area contributed by atoms with Crippen LogP contribution in [0.5, 0.6) is 0 Å². The molecule has 6 nitrogen and oxygen atoms in total. The molecule has 2 aliphatic rings. The van der Waals surface area contributed by atoms with E-state index in [2.05, 4.69) is 27.5 Å². The Morgan fingerprint density at radius 1 is 1.14 bits per heavy atom. The van der Waals surface area contributed by atoms with Crippen molar-refractivity contribution < 1.29 is 18.3 Å². The van der Waals surface area contributed by atoms with Crippen LogP contribution in [0.4, 0.5) is 18.3 Å². The van der Waals surface area contributed by atoms with Gasteiger partial charge in [0.05, 0.1) is 28.4 Å². The molecule has 10 heteroatoms. The third-order valence-corrected chi connectivity index (χ3v) is 8.12. The zero-order chi connectivity index (χ0) is 25.7. The predicted octanol–water partition coefficient (Wildman–Crippen LogP) is 6.15. The van der Waals surface area contributed by atoms with E-state index in [1.54, 1.807) is 29.7 Å². The maximum atomic E-state index is 13.5. The number of benzene rings is 2. The highest BCUT2D eigenvalue weighted by molar-refractivity contribution is 7.22. The van der Waals surface area contributed by atoms with E-state index < -0.39 is 11.9 Å². The Morgan fingerprint density at radius 3 is 2.78 bits per heavy atom. The van der Waals surface area contributed by atoms with Crippen LogP contribution in [-0.4, -0.2) is 38.2 Å². The summed E-state index contributed by atoms with van der Waals surface area (Å²) < 4.78 is 42.6. The summed E-state index contributed by atoms with van der Waals surface area (Å²) >= 11 is 1.58. The van der Waals surface area contributed by atoms with Crippen molar-refractivity contribution in [2.75, 3.05) is 5.32 Å². The molecule has 1 fully saturated rings. The smallest absolute Gasteiger partial charge is 0.391 e. The third kappa shape index (κ3) is 4.75. The molecule has 3 heterocycles. The van der Waals surface area contributed by atoms with Gasteiger partial charge in [-0.2, -0.15) is 18.3 Å². The number of aryl methyl sites for hydroxylation is 1. The number of hydrogen-bond acceptors (Lipinski definition) is 6. The van der Waals surface area contributed by atoms with Crippen molar-refractivity contribution in [3.8, 4) is 11.1 Å². The van der Waals surface area contributed by atoms with Gasteiger partial charge in [0.1, 0.15) is 0 Å². The van der Waals surface area contributed by atoms with Crippen molar-refractivity contribution in [2.24, 2.45) is 12.0 Å². The van der Waals surface area contributed by atoms with E-state index in [1.165, 1.54) is 17.9 Å². The average molecular weight is 526 g/mol. The van der Waals surface area contributed by atoms with Crippen LogP contribution in [-0.2, 0) is 19.6 Å². The fourth-order valence-corrected chi connectivity index (χ4v) is 6.29. The Labute approximate surface area is 215 Å². The lowest BCUT2D eigenvalue weighted by molar-refractivity contribution is -0.140. The number of aliphatic hydroxyl groups excluding tert-OH is 1. The van der Waals surface area contributed by atoms with Crippen LogP contribution in [0, 0.1) is 0 Å². The van der Waals surface area contributed by atoms with Gasteiger partial charge in [-0.25, -0.2) is 4.98 Å². The zero-order valence-electron chi connectivity index (χ0n) is 20.2. The number of hydrogen-bond donors (Lipinski definition) is 2. The van der Waals surface area contributed by atoms with Gasteiger partial charge in [-0.15, -0.1) is 0 Å². The maximum Gasteiger partial charge on any atom is 0.435 e. The number of thiazole rings is 1. The second-order valence-corrected chi connectivity index (χ2v) is 10.9. The largest absolute Gasteiger partial charge is 0.435 e. The first-order chi connectivity index (χ1) is 17.7. The minimum atomic E-state index is -4.52. The molecule has 1 aliphatic carbocycles. The first kappa shape index (κ1) is 24.1. The minimum Gasteiger partial charge on any atom is -0.391 e. The molecule has 1 aliphatic heterocycles. The van der Waals surface area contributed by atoms with E-state index >= 15 is 0 Å². The number of anilines is 1. The molecule has 6 rings (SSSR count). The molecule has 2 aromatic heterocycles. The fourth-order valence-electron chi connectivity index (χ4n) is 5.30. The summed E-state index contributed by atoms with van der Waals surface area (Å²) in [5.74, 6) is 0. The molecule has 0 amide bonds. The highest BCUT2D eigenvalue weighted by atomic mass is 32.1. The minimum absolute atomic E-state index is 0.0434. The number of aliphatic imine (C=N–C) groups is 1. The summed E-state index contributed by atoms with van der Waals surface area (Å²) in [4.78, 5) is 9.36. The van der Waals surface area contributed by atoms with Crippen LogP contribution >= 0.6 is 11.3 Å². The van der Waals surface area contributed by atoms with Crippen molar-refractivity contribution in [2.45, 2.75) is 56.5 Å². The van der Waals surface area contributed by atoms with Crippen molar-refractivity contribution in [3.05, 3.63) is 65.0 Å². The van der Waals surface area contributed by atoms with Crippen LogP contribution in [0.3, 0.4) is 0 Å². The van der Waals surface area contributed by atoms with E-state index in [-0.39, 0.29) is 23.8 Å². The molecule has 0 bridgehead atoms. The highest BCUT2D eigenvalue weighted by Gasteiger charge is 2.37. The van der Waals surface area contributed by atoms with Crippen LogP contribution in [0.2, 0.25) is 0 Å². The van der Waals surface area contributed by atoms with Gasteiger partial charge in [0, 0.05) is 25.0 Å². The number of nitrogens with zero attached hydrogens (tertiary/aromatic N) is 4. The Balaban J connectivity index is 1.20. The molecule has 37 heavy (non-hydrogen) atoms. The summed E-state index contributed by atoms with van der Waals surface area (Å²) in [6.07, 6.45) is 2.91. The SMILES string of the molecule is Cn1cc(-c2ccc3c(c2)C=NC3Cc2ccc3nc(NC4CCCCC4O)sc3c2)c(C(F)(F)F)n1. The molecule has 0 saturated heterocycles. The molecular weight excluding hydrogens is 499 g/mol. The monoisotopic (exact) mass is 525 g/mol. The average Bonchev–Trinajstić information content (AvgIpc) is 3.56. The van der Waals surface area contributed by atoms with Crippen molar-refractivity contribution in [3.63, 3.8) is 0 Å². The van der Waals surface area contributed by atoms with Crippen molar-refractivity contribution in [1.29, 1.82) is 0 Å². The van der Waals surface area contributed by atoms with E-state index in [1.807, 2.05) is 12.1 Å². The summed E-state index contributed by atoms with van der Waals surface area (Å²) in [6.45, 7) is 0. The Bertz CT molecular complexity index is 1490. The van der Waals surface area contributed by atoms with Gasteiger partial charge in [-0.3, -0.25) is 9.67 Å². The molecule has 0 radical (unpaired) electrons. The van der Waals surface area contributed by atoms with E-state index in [4.69, 9.17) is 4.98 Å². The zero-order valence-corrected chi connectivity index (χ0v) is 21.0. The maximum absolute atomic E-state index is 13.5. The topological polar surface area (TPSA) is 75.3 Å². The molecule has 1 saturated carbocycles. The summed E-state index contributed by atoms with van der Waals surface area (Å²) in [6, 6.07) is 11.5. The van der Waals surface area contributed by atoms with Crippen molar-refractivity contribution >= 4 is 32.9 Å². The van der Waals surface area contributed by atoms with Crippen LogP contribution in [0.15, 0.2) is 47.6 Å². The van der Waals surface area contributed by atoms with Gasteiger partial charge in [-0.1, -0.05) is 42.4 Å². The van der Waals surface area contributed by atoms with Crippen LogP contribution in [0.1, 0.15) is 54.1 Å². The number of alkyl halides is 3. The standard InChI is InChI=1S/C27H26F3N5OS/c1-35-14-19(25(34-35)27(28,29)30)16-7-8-18-17(12-16)13-31-22(18)10-15-6-9-21-24(11-15)37-26(33-21)32-20-4-2-3-5-23(20)36/h6-9,11-14,20,22-23,36H,2-5,10H2,1H3,(H,32,33). The molecule has 0 spiro atoms. The summed E-state index contributed by atoms with van der Waals surface area (Å²) in [5.41, 5.74) is 3.52. The van der Waals surface area contributed by atoms with Crippen LogP contribution in [0.25, 0.3) is 21.3 Å². The Morgan fingerprint density at radius 2 is 1.97 bits per heavy atom. The molecular formula is C27H26F3N5OS. The number of halogens is 3. The van der Waals surface area contributed by atoms with Gasteiger partial charge in [0.2, 0.25) is 0 Å². The molecule has 4 aromatic rings. The molecule has 3 atom stereocenters. The quantitative estimate of drug-likeness (QED) is 0.328. The number of aromatic nitrogens is 3. The fraction of sp³-hybridized carbons (Fsp3) is 0.370. The summed E-state index contributed by atoms with van der Waals surface area (Å²) in [7, 11) is 1.49. The lowest BCUT2D eigenvalue weighted by Crippen LogP contribution is -2.36. The van der Waals surface area contributed by atoms with Gasteiger partial charge in [-0.05, 0) is 59.7 Å². The normalized spacial score (nSPS) is 21.5. The second-order valence-electron chi connectivity index (χ2n) is 9.83. The first-order valence-electron chi connectivity index (χ1n) is 12.4. The number of fused-ring (bicyclic) bond motifs is 2. The van der Waals surface area contributed by atoms with E-state index in [0.717, 1.165) is 57.7 Å². The van der Waals surface area contributed by atoms with Gasteiger partial charge in [0.25, 0.3) is 0 Å². The van der Waals surface area contributed by atoms with Gasteiger partial charge >= 0.3 is 6.18 Å². The number of aliphatic hydroxyl groups is 1. The van der Waals surface area contributed by atoms with Crippen molar-refractivity contribution in [1.82, 2.24) is 14.8 Å². The highest BCUT2D eigenvalue weighted by Crippen LogP contribution is 2.39.